The first-order valence-electron chi connectivity index (χ1n) is 7.35. The molecule has 0 aromatic rings. The Morgan fingerprint density at radius 2 is 1.65 bits per heavy atom. The van der Waals surface area contributed by atoms with Crippen molar-refractivity contribution in [1.82, 2.24) is 9.80 Å². The predicted molar refractivity (Wildman–Crippen MR) is 72.3 cm³/mol. The van der Waals surface area contributed by atoms with Crippen LogP contribution in [0.2, 0.25) is 0 Å². The molecule has 3 unspecified atom stereocenters. The first-order valence-corrected chi connectivity index (χ1v) is 7.35. The minimum Gasteiger partial charge on any atom is -0.334 e. The number of likely N-dealkylation sites (N-methyl/N-ethyl adjacent to an activating group) is 1. The van der Waals surface area contributed by atoms with Gasteiger partial charge in [0.05, 0.1) is 6.42 Å². The van der Waals surface area contributed by atoms with Crippen molar-refractivity contribution in [3.63, 3.8) is 0 Å². The first-order chi connectivity index (χ1) is 9.28. The summed E-state index contributed by atoms with van der Waals surface area (Å²) in [6.07, 6.45) is -3.45. The molecule has 0 aromatic heterocycles. The average Bonchev–Trinajstić information content (AvgIpc) is 2.61. The smallest absolute Gasteiger partial charge is 0.334 e. The van der Waals surface area contributed by atoms with Crippen LogP contribution in [-0.4, -0.2) is 54.1 Å². The fourth-order valence-electron chi connectivity index (χ4n) is 3.16. The van der Waals surface area contributed by atoms with Gasteiger partial charge in [-0.1, -0.05) is 20.8 Å². The quantitative estimate of drug-likeness (QED) is 0.782. The van der Waals surface area contributed by atoms with Crippen LogP contribution in [0.15, 0.2) is 0 Å². The second-order valence-corrected chi connectivity index (χ2v) is 5.57. The summed E-state index contributed by atoms with van der Waals surface area (Å²) in [5.74, 6) is -1.29. The van der Waals surface area contributed by atoms with Crippen LogP contribution in [0.3, 0.4) is 0 Å². The Balaban J connectivity index is 0.000000956. The Morgan fingerprint density at radius 3 is 2.05 bits per heavy atom. The fraction of sp³-hybridized carbons (Fsp3) is 0.929. The molecule has 1 amide bonds. The van der Waals surface area contributed by atoms with E-state index in [0.717, 1.165) is 25.9 Å². The molecule has 2 aliphatic rings. The maximum Gasteiger partial charge on any atom is 0.389 e. The first kappa shape index (κ1) is 17.3. The second kappa shape index (κ2) is 6.78. The largest absolute Gasteiger partial charge is 0.389 e. The van der Waals surface area contributed by atoms with Crippen LogP contribution in [0.4, 0.5) is 13.2 Å². The molecule has 2 bridgehead atoms. The maximum atomic E-state index is 12.3. The molecule has 2 heterocycles. The summed E-state index contributed by atoms with van der Waals surface area (Å²) < 4.78 is 37.0. The highest BCUT2D eigenvalue weighted by molar-refractivity contribution is 5.79. The molecule has 0 saturated carbocycles. The Bertz CT molecular complexity index is 319. The van der Waals surface area contributed by atoms with Gasteiger partial charge in [-0.15, -0.1) is 0 Å². The molecule has 6 heteroatoms. The minimum atomic E-state index is -4.26. The van der Waals surface area contributed by atoms with E-state index in [-0.39, 0.29) is 18.0 Å². The molecular weight excluding hydrogens is 269 g/mol. The summed E-state index contributed by atoms with van der Waals surface area (Å²) in [6.45, 7) is 6.94. The third-order valence-electron chi connectivity index (χ3n) is 3.88. The molecule has 3 atom stereocenters. The summed E-state index contributed by atoms with van der Waals surface area (Å²) in [7, 11) is 1.99. The number of hydrogen-bond acceptors (Lipinski definition) is 2. The zero-order chi connectivity index (χ0) is 15.5. The monoisotopic (exact) mass is 294 g/mol. The van der Waals surface area contributed by atoms with E-state index in [0.29, 0.717) is 0 Å². The molecule has 0 radical (unpaired) electrons. The summed E-state index contributed by atoms with van der Waals surface area (Å²) in [4.78, 5) is 16.0. The van der Waals surface area contributed by atoms with Gasteiger partial charge in [-0.25, -0.2) is 0 Å². The number of hydrogen-bond donors (Lipinski definition) is 0. The summed E-state index contributed by atoms with van der Waals surface area (Å²) in [5, 5.41) is 0. The molecule has 3 nitrogen and oxygen atoms in total. The normalized spacial score (nSPS) is 27.9. The average molecular weight is 294 g/mol. The van der Waals surface area contributed by atoms with Crippen LogP contribution >= 0.6 is 0 Å². The van der Waals surface area contributed by atoms with E-state index in [1.54, 1.807) is 4.90 Å². The van der Waals surface area contributed by atoms with Gasteiger partial charge in [0.15, 0.2) is 0 Å². The lowest BCUT2D eigenvalue weighted by Gasteiger charge is -2.40. The number of carbonyl (C=O) groups is 1. The van der Waals surface area contributed by atoms with E-state index in [2.05, 4.69) is 4.90 Å². The highest BCUT2D eigenvalue weighted by Gasteiger charge is 2.44. The van der Waals surface area contributed by atoms with Crippen molar-refractivity contribution >= 4 is 5.91 Å². The Hall–Kier alpha value is -0.780. The number of carbonyl (C=O) groups excluding carboxylic acids is 1. The highest BCUT2D eigenvalue weighted by Crippen LogP contribution is 2.33. The number of piperazine rings is 1. The Kier molecular flexibility index (Phi) is 5.86. The summed E-state index contributed by atoms with van der Waals surface area (Å²) in [6, 6.07) is 0.217. The van der Waals surface area contributed by atoms with Crippen molar-refractivity contribution in [2.75, 3.05) is 20.1 Å². The van der Waals surface area contributed by atoms with Gasteiger partial charge in [-0.05, 0) is 19.9 Å². The van der Waals surface area contributed by atoms with Crippen LogP contribution in [0.1, 0.15) is 40.0 Å². The van der Waals surface area contributed by atoms with Gasteiger partial charge in [0, 0.05) is 31.1 Å². The molecule has 2 aliphatic heterocycles. The number of rotatable bonds is 2. The lowest BCUT2D eigenvalue weighted by atomic mass is 10.0. The Morgan fingerprint density at radius 1 is 1.20 bits per heavy atom. The van der Waals surface area contributed by atoms with E-state index >= 15 is 0 Å². The zero-order valence-corrected chi connectivity index (χ0v) is 12.7. The molecule has 2 saturated heterocycles. The van der Waals surface area contributed by atoms with Gasteiger partial charge < -0.3 is 9.80 Å². The van der Waals surface area contributed by atoms with Crippen molar-refractivity contribution < 1.29 is 18.0 Å². The van der Waals surface area contributed by atoms with Crippen LogP contribution in [0.25, 0.3) is 0 Å². The van der Waals surface area contributed by atoms with Crippen LogP contribution < -0.4 is 0 Å². The van der Waals surface area contributed by atoms with Gasteiger partial charge in [-0.3, -0.25) is 4.79 Å². The zero-order valence-electron chi connectivity index (χ0n) is 12.7. The number of nitrogens with zero attached hydrogens (tertiary/aromatic N) is 2. The topological polar surface area (TPSA) is 23.6 Å². The lowest BCUT2D eigenvalue weighted by molar-refractivity contribution is -0.161. The van der Waals surface area contributed by atoms with Gasteiger partial charge in [0.25, 0.3) is 0 Å². The summed E-state index contributed by atoms with van der Waals surface area (Å²) in [5.41, 5.74) is 0. The molecule has 0 aromatic carbocycles. The van der Waals surface area contributed by atoms with Gasteiger partial charge in [0.2, 0.25) is 5.91 Å². The van der Waals surface area contributed by atoms with Gasteiger partial charge >= 0.3 is 6.18 Å². The Labute approximate surface area is 119 Å². The standard InChI is InChI=1S/C12H19F3N2O.C2H6/c1-8(5-12(13,14)15)11(18)17-9-3-4-10(17)7-16(2)6-9;1-2/h8-10H,3-7H2,1-2H3;1-2H3. The number of halogens is 3. The van der Waals surface area contributed by atoms with Gasteiger partial charge in [-0.2, -0.15) is 13.2 Å². The minimum absolute atomic E-state index is 0.108. The van der Waals surface area contributed by atoms with E-state index in [1.807, 2.05) is 20.9 Å². The van der Waals surface area contributed by atoms with E-state index < -0.39 is 18.5 Å². The van der Waals surface area contributed by atoms with Crippen LogP contribution in [0, 0.1) is 5.92 Å². The van der Waals surface area contributed by atoms with Crippen molar-refractivity contribution in [1.29, 1.82) is 0 Å². The van der Waals surface area contributed by atoms with Crippen LogP contribution in [-0.2, 0) is 4.79 Å². The maximum absolute atomic E-state index is 12.3. The number of amides is 1. The number of fused-ring (bicyclic) bond motifs is 2. The van der Waals surface area contributed by atoms with E-state index in [1.165, 1.54) is 6.92 Å². The number of alkyl halides is 3. The van der Waals surface area contributed by atoms with Crippen LogP contribution in [0.5, 0.6) is 0 Å². The summed E-state index contributed by atoms with van der Waals surface area (Å²) >= 11 is 0. The van der Waals surface area contributed by atoms with Crippen molar-refractivity contribution in [2.24, 2.45) is 5.92 Å². The van der Waals surface area contributed by atoms with Crippen molar-refractivity contribution in [2.45, 2.75) is 58.3 Å². The van der Waals surface area contributed by atoms with Gasteiger partial charge in [0.1, 0.15) is 0 Å². The number of likely N-dealkylation sites (tertiary alicyclic amines) is 1. The van der Waals surface area contributed by atoms with E-state index in [9.17, 15) is 18.0 Å². The highest BCUT2D eigenvalue weighted by atomic mass is 19.4. The molecule has 0 aliphatic carbocycles. The SMILES string of the molecule is CC.CC(CC(F)(F)F)C(=O)N1C2CCC1CN(C)C2. The molecule has 118 valence electrons. The fourth-order valence-corrected chi connectivity index (χ4v) is 3.16. The van der Waals surface area contributed by atoms with E-state index in [4.69, 9.17) is 0 Å². The third-order valence-corrected chi connectivity index (χ3v) is 3.88. The molecular formula is C14H25F3N2O. The molecule has 0 spiro atoms. The van der Waals surface area contributed by atoms with Crippen molar-refractivity contribution in [3.8, 4) is 0 Å². The second-order valence-electron chi connectivity index (χ2n) is 5.57. The predicted octanol–water partition coefficient (Wildman–Crippen LogP) is 2.91. The molecule has 20 heavy (non-hydrogen) atoms. The van der Waals surface area contributed by atoms with Crippen molar-refractivity contribution in [3.05, 3.63) is 0 Å². The third kappa shape index (κ3) is 4.11. The lowest BCUT2D eigenvalue weighted by Crippen LogP contribution is -2.56. The molecule has 0 N–H and O–H groups in total. The molecule has 2 rings (SSSR count). The molecule has 2 fully saturated rings.